The summed E-state index contributed by atoms with van der Waals surface area (Å²) < 4.78 is 1.82. The molecule has 0 aromatic carbocycles. The van der Waals surface area contributed by atoms with Gasteiger partial charge in [0.2, 0.25) is 0 Å². The van der Waals surface area contributed by atoms with E-state index in [9.17, 15) is 5.11 Å². The fraction of sp³-hybridized carbons (Fsp3) is 0.769. The van der Waals surface area contributed by atoms with Gasteiger partial charge >= 0.3 is 0 Å². The molecule has 1 N–H and O–H groups in total. The first-order valence-electron chi connectivity index (χ1n) is 6.63. The minimum Gasteiger partial charge on any atom is -0.392 e. The number of aliphatic hydroxyl groups excluding tert-OH is 1. The largest absolute Gasteiger partial charge is 0.392 e. The van der Waals surface area contributed by atoms with E-state index in [1.807, 2.05) is 30.4 Å². The number of nitrogens with zero attached hydrogens (tertiary/aromatic N) is 2. The molecule has 102 valence electrons. The Bertz CT molecular complexity index is 402. The Morgan fingerprint density at radius 1 is 1.56 bits per heavy atom. The van der Waals surface area contributed by atoms with Gasteiger partial charge < -0.3 is 5.11 Å². The van der Waals surface area contributed by atoms with Gasteiger partial charge in [0.25, 0.3) is 0 Å². The SMILES string of the molecule is CCc1nn(C)c(CC(O)C2CCCCS2)c1Cl. The van der Waals surface area contributed by atoms with E-state index in [1.165, 1.54) is 18.6 Å². The molecular formula is C13H21ClN2OS. The van der Waals surface area contributed by atoms with Crippen molar-refractivity contribution in [2.75, 3.05) is 5.75 Å². The molecule has 0 radical (unpaired) electrons. The molecule has 2 heterocycles. The van der Waals surface area contributed by atoms with Crippen LogP contribution in [0.15, 0.2) is 0 Å². The third kappa shape index (κ3) is 3.03. The molecular weight excluding hydrogens is 268 g/mol. The number of aryl methyl sites for hydroxylation is 2. The minimum atomic E-state index is -0.312. The van der Waals surface area contributed by atoms with Crippen LogP contribution in [0.4, 0.5) is 0 Å². The van der Waals surface area contributed by atoms with Crippen molar-refractivity contribution in [3.63, 3.8) is 0 Å². The van der Waals surface area contributed by atoms with Crippen molar-refractivity contribution in [1.82, 2.24) is 9.78 Å². The van der Waals surface area contributed by atoms with Crippen molar-refractivity contribution in [3.05, 3.63) is 16.4 Å². The molecule has 2 atom stereocenters. The topological polar surface area (TPSA) is 38.0 Å². The van der Waals surface area contributed by atoms with Crippen LogP contribution in [-0.4, -0.2) is 32.0 Å². The zero-order valence-electron chi connectivity index (χ0n) is 11.0. The van der Waals surface area contributed by atoms with Crippen LogP contribution < -0.4 is 0 Å². The maximum Gasteiger partial charge on any atom is 0.0850 e. The van der Waals surface area contributed by atoms with Crippen LogP contribution in [0, 0.1) is 0 Å². The predicted octanol–water partition coefficient (Wildman–Crippen LogP) is 2.83. The van der Waals surface area contributed by atoms with E-state index >= 15 is 0 Å². The summed E-state index contributed by atoms with van der Waals surface area (Å²) in [5.74, 6) is 1.17. The molecule has 0 spiro atoms. The number of hydrogen-bond donors (Lipinski definition) is 1. The second-order valence-electron chi connectivity index (χ2n) is 4.86. The summed E-state index contributed by atoms with van der Waals surface area (Å²) in [4.78, 5) is 0. The van der Waals surface area contributed by atoms with E-state index in [4.69, 9.17) is 11.6 Å². The second-order valence-corrected chi connectivity index (χ2v) is 6.59. The molecule has 0 saturated carbocycles. The highest BCUT2D eigenvalue weighted by Crippen LogP contribution is 2.30. The van der Waals surface area contributed by atoms with Gasteiger partial charge in [-0.05, 0) is 25.0 Å². The normalized spacial score (nSPS) is 22.1. The van der Waals surface area contributed by atoms with E-state index in [-0.39, 0.29) is 6.10 Å². The van der Waals surface area contributed by atoms with Crippen LogP contribution in [0.3, 0.4) is 0 Å². The summed E-state index contributed by atoms with van der Waals surface area (Å²) in [6.45, 7) is 2.05. The molecule has 2 rings (SSSR count). The summed E-state index contributed by atoms with van der Waals surface area (Å²) >= 11 is 8.20. The van der Waals surface area contributed by atoms with Gasteiger partial charge in [-0.3, -0.25) is 4.68 Å². The van der Waals surface area contributed by atoms with Crippen molar-refractivity contribution >= 4 is 23.4 Å². The second kappa shape index (κ2) is 6.31. The first-order chi connectivity index (χ1) is 8.63. The average molecular weight is 289 g/mol. The quantitative estimate of drug-likeness (QED) is 0.926. The van der Waals surface area contributed by atoms with Gasteiger partial charge in [0, 0.05) is 18.7 Å². The third-order valence-electron chi connectivity index (χ3n) is 3.55. The molecule has 1 saturated heterocycles. The monoisotopic (exact) mass is 288 g/mol. The van der Waals surface area contributed by atoms with E-state index in [0.29, 0.717) is 11.7 Å². The molecule has 1 aliphatic heterocycles. The molecule has 5 heteroatoms. The maximum atomic E-state index is 10.3. The molecule has 18 heavy (non-hydrogen) atoms. The molecule has 1 aromatic rings. The van der Waals surface area contributed by atoms with Crippen molar-refractivity contribution in [2.24, 2.45) is 7.05 Å². The Balaban J connectivity index is 2.06. The van der Waals surface area contributed by atoms with Crippen LogP contribution >= 0.6 is 23.4 Å². The Hall–Kier alpha value is -0.190. The van der Waals surface area contributed by atoms with Crippen LogP contribution in [0.5, 0.6) is 0 Å². The first-order valence-corrected chi connectivity index (χ1v) is 8.06. The van der Waals surface area contributed by atoms with Crippen LogP contribution in [-0.2, 0) is 19.9 Å². The Kier molecular flexibility index (Phi) is 4.98. The number of halogens is 1. The lowest BCUT2D eigenvalue weighted by Gasteiger charge is -2.26. The van der Waals surface area contributed by atoms with Crippen LogP contribution in [0.25, 0.3) is 0 Å². The van der Waals surface area contributed by atoms with Crippen LogP contribution in [0.2, 0.25) is 5.02 Å². The van der Waals surface area contributed by atoms with Gasteiger partial charge in [0.05, 0.1) is 22.5 Å². The fourth-order valence-electron chi connectivity index (χ4n) is 2.44. The summed E-state index contributed by atoms with van der Waals surface area (Å²) in [6.07, 6.45) is 4.75. The molecule has 1 aliphatic rings. The predicted molar refractivity (Wildman–Crippen MR) is 77.4 cm³/mol. The number of hydrogen-bond acceptors (Lipinski definition) is 3. The smallest absolute Gasteiger partial charge is 0.0850 e. The van der Waals surface area contributed by atoms with Crippen LogP contribution in [0.1, 0.15) is 37.6 Å². The van der Waals surface area contributed by atoms with Crippen molar-refractivity contribution < 1.29 is 5.11 Å². The summed E-state index contributed by atoms with van der Waals surface area (Å²) in [7, 11) is 1.90. The van der Waals surface area contributed by atoms with E-state index < -0.39 is 0 Å². The maximum absolute atomic E-state index is 10.3. The Morgan fingerprint density at radius 2 is 2.33 bits per heavy atom. The first kappa shape index (κ1) is 14.2. The lowest BCUT2D eigenvalue weighted by Crippen LogP contribution is -2.28. The van der Waals surface area contributed by atoms with E-state index in [1.54, 1.807) is 0 Å². The number of rotatable bonds is 4. The summed E-state index contributed by atoms with van der Waals surface area (Å²) in [5.41, 5.74) is 1.89. The molecule has 1 aromatic heterocycles. The van der Waals surface area contributed by atoms with Gasteiger partial charge in [-0.1, -0.05) is 24.9 Å². The zero-order valence-corrected chi connectivity index (χ0v) is 12.6. The van der Waals surface area contributed by atoms with Gasteiger partial charge in [-0.15, -0.1) is 0 Å². The van der Waals surface area contributed by atoms with Gasteiger partial charge in [0.15, 0.2) is 0 Å². The molecule has 2 unspecified atom stereocenters. The van der Waals surface area contributed by atoms with Crippen molar-refractivity contribution in [1.29, 1.82) is 0 Å². The van der Waals surface area contributed by atoms with E-state index in [0.717, 1.165) is 29.3 Å². The van der Waals surface area contributed by atoms with Gasteiger partial charge in [0.1, 0.15) is 0 Å². The lowest BCUT2D eigenvalue weighted by atomic mass is 10.0. The molecule has 1 fully saturated rings. The average Bonchev–Trinajstić information content (AvgIpc) is 2.67. The molecule has 0 amide bonds. The summed E-state index contributed by atoms with van der Waals surface area (Å²) in [6, 6.07) is 0. The highest BCUT2D eigenvalue weighted by Gasteiger charge is 2.25. The van der Waals surface area contributed by atoms with Crippen molar-refractivity contribution in [2.45, 2.75) is 50.4 Å². The van der Waals surface area contributed by atoms with E-state index in [2.05, 4.69) is 5.10 Å². The van der Waals surface area contributed by atoms with Gasteiger partial charge in [-0.25, -0.2) is 0 Å². The number of thioether (sulfide) groups is 1. The highest BCUT2D eigenvalue weighted by molar-refractivity contribution is 8.00. The summed E-state index contributed by atoms with van der Waals surface area (Å²) in [5, 5.41) is 15.8. The molecule has 0 bridgehead atoms. The third-order valence-corrected chi connectivity index (χ3v) is 5.49. The minimum absolute atomic E-state index is 0.312. The Labute approximate surface area is 118 Å². The zero-order chi connectivity index (χ0) is 13.1. The van der Waals surface area contributed by atoms with Crippen molar-refractivity contribution in [3.8, 4) is 0 Å². The fourth-order valence-corrected chi connectivity index (χ4v) is 4.14. The molecule has 0 aliphatic carbocycles. The lowest BCUT2D eigenvalue weighted by molar-refractivity contribution is 0.164. The number of aromatic nitrogens is 2. The molecule has 3 nitrogen and oxygen atoms in total. The standard InChI is InChI=1S/C13H21ClN2OS/c1-3-9-13(14)10(16(2)15-9)8-11(17)12-6-4-5-7-18-12/h11-12,17H,3-8H2,1-2H3. The number of aliphatic hydroxyl groups is 1. The van der Waals surface area contributed by atoms with Gasteiger partial charge in [-0.2, -0.15) is 16.9 Å². The Morgan fingerprint density at radius 3 is 2.89 bits per heavy atom. The highest BCUT2D eigenvalue weighted by atomic mass is 35.5.